The lowest BCUT2D eigenvalue weighted by Crippen LogP contribution is -2.31. The molecule has 0 aromatic carbocycles. The summed E-state index contributed by atoms with van der Waals surface area (Å²) in [6.45, 7) is 2.23. The zero-order chi connectivity index (χ0) is 8.69. The Hall–Kier alpha value is -1.32. The molecular formula is C7H11NO3. The Kier molecular flexibility index (Phi) is 4.81. The van der Waals surface area contributed by atoms with Gasteiger partial charge in [-0.25, -0.2) is 4.79 Å². The maximum absolute atomic E-state index is 10.4. The van der Waals surface area contributed by atoms with Gasteiger partial charge in [0.25, 0.3) is 0 Å². The highest BCUT2D eigenvalue weighted by molar-refractivity contribution is 6.31. The summed E-state index contributed by atoms with van der Waals surface area (Å²) in [6.07, 6.45) is 4.35. The molecule has 0 fully saturated rings. The fourth-order valence-corrected chi connectivity index (χ4v) is 0.511. The summed E-state index contributed by atoms with van der Waals surface area (Å²) in [6, 6.07) is 0. The van der Waals surface area contributed by atoms with Crippen molar-refractivity contribution in [1.29, 1.82) is 0 Å². The molecule has 0 heterocycles. The van der Waals surface area contributed by atoms with Crippen LogP contribution in [0.25, 0.3) is 0 Å². The summed E-state index contributed by atoms with van der Waals surface area (Å²) in [4.78, 5) is 20.3. The number of amides is 1. The SMILES string of the molecule is C/C=C/CCNC(=O)C(=O)O. The number of carboxylic acids is 1. The summed E-state index contributed by atoms with van der Waals surface area (Å²) in [5.41, 5.74) is 0. The molecule has 0 radical (unpaired) electrons. The first-order valence-corrected chi connectivity index (χ1v) is 3.30. The minimum atomic E-state index is -1.44. The number of allylic oxidation sites excluding steroid dienone is 1. The van der Waals surface area contributed by atoms with Crippen molar-refractivity contribution in [1.82, 2.24) is 5.32 Å². The number of carbonyl (C=O) groups excluding carboxylic acids is 1. The second kappa shape index (κ2) is 5.46. The molecule has 62 valence electrons. The number of rotatable bonds is 3. The Morgan fingerprint density at radius 2 is 2.18 bits per heavy atom. The zero-order valence-electron chi connectivity index (χ0n) is 6.33. The summed E-state index contributed by atoms with van der Waals surface area (Å²) >= 11 is 0. The highest BCUT2D eigenvalue weighted by Crippen LogP contribution is 1.79. The number of aliphatic carboxylic acids is 1. The predicted octanol–water partition coefficient (Wildman–Crippen LogP) is 0.153. The molecule has 0 aliphatic heterocycles. The van der Waals surface area contributed by atoms with E-state index in [1.165, 1.54) is 0 Å². The highest BCUT2D eigenvalue weighted by Gasteiger charge is 2.07. The molecule has 2 N–H and O–H groups in total. The van der Waals surface area contributed by atoms with Crippen LogP contribution in [0.3, 0.4) is 0 Å². The molecule has 0 aliphatic carbocycles. The first-order valence-electron chi connectivity index (χ1n) is 3.30. The predicted molar refractivity (Wildman–Crippen MR) is 40.1 cm³/mol. The van der Waals surface area contributed by atoms with Gasteiger partial charge >= 0.3 is 11.9 Å². The van der Waals surface area contributed by atoms with Gasteiger partial charge in [-0.3, -0.25) is 4.79 Å². The van der Waals surface area contributed by atoms with Crippen LogP contribution in [0.5, 0.6) is 0 Å². The molecule has 1 amide bonds. The molecule has 0 aromatic rings. The quantitative estimate of drug-likeness (QED) is 0.348. The molecule has 0 unspecified atom stereocenters. The average molecular weight is 157 g/mol. The largest absolute Gasteiger partial charge is 0.474 e. The van der Waals surface area contributed by atoms with Gasteiger partial charge in [0.15, 0.2) is 0 Å². The maximum Gasteiger partial charge on any atom is 0.394 e. The van der Waals surface area contributed by atoms with E-state index in [1.54, 1.807) is 0 Å². The Bertz CT molecular complexity index is 175. The van der Waals surface area contributed by atoms with Gasteiger partial charge in [0.2, 0.25) is 0 Å². The van der Waals surface area contributed by atoms with E-state index < -0.39 is 11.9 Å². The first-order chi connectivity index (χ1) is 5.18. The molecule has 4 heteroatoms. The zero-order valence-corrected chi connectivity index (χ0v) is 6.33. The first kappa shape index (κ1) is 9.68. The second-order valence-corrected chi connectivity index (χ2v) is 1.92. The molecule has 0 spiro atoms. The summed E-state index contributed by atoms with van der Waals surface area (Å²) < 4.78 is 0. The van der Waals surface area contributed by atoms with Crippen molar-refractivity contribution in [3.63, 3.8) is 0 Å². The van der Waals surface area contributed by atoms with Gasteiger partial charge in [-0.15, -0.1) is 0 Å². The molecule has 11 heavy (non-hydrogen) atoms. The smallest absolute Gasteiger partial charge is 0.394 e. The Morgan fingerprint density at radius 3 is 2.64 bits per heavy atom. The third-order valence-electron chi connectivity index (χ3n) is 1.03. The molecule has 4 nitrogen and oxygen atoms in total. The third kappa shape index (κ3) is 5.14. The van der Waals surface area contributed by atoms with E-state index in [1.807, 2.05) is 19.1 Å². The Balaban J connectivity index is 3.39. The Labute approximate surface area is 64.9 Å². The van der Waals surface area contributed by atoms with E-state index in [4.69, 9.17) is 5.11 Å². The minimum Gasteiger partial charge on any atom is -0.474 e. The standard InChI is InChI=1S/C7H11NO3/c1-2-3-4-5-8-6(9)7(10)11/h2-3H,4-5H2,1H3,(H,8,9)(H,10,11)/b3-2+. The molecule has 0 rings (SSSR count). The highest BCUT2D eigenvalue weighted by atomic mass is 16.4. The maximum atomic E-state index is 10.4. The average Bonchev–Trinajstić information content (AvgIpc) is 1.97. The van der Waals surface area contributed by atoms with E-state index in [2.05, 4.69) is 5.32 Å². The minimum absolute atomic E-state index is 0.371. The molecular weight excluding hydrogens is 146 g/mol. The van der Waals surface area contributed by atoms with Crippen LogP contribution in [0.4, 0.5) is 0 Å². The number of hydrogen-bond donors (Lipinski definition) is 2. The van der Waals surface area contributed by atoms with E-state index in [9.17, 15) is 9.59 Å². The van der Waals surface area contributed by atoms with Gasteiger partial charge in [-0.2, -0.15) is 0 Å². The van der Waals surface area contributed by atoms with Gasteiger partial charge in [-0.1, -0.05) is 12.2 Å². The van der Waals surface area contributed by atoms with Crippen LogP contribution in [-0.4, -0.2) is 23.5 Å². The van der Waals surface area contributed by atoms with Gasteiger partial charge in [-0.05, 0) is 13.3 Å². The molecule has 0 atom stereocenters. The van der Waals surface area contributed by atoms with Crippen LogP contribution in [0, 0.1) is 0 Å². The molecule has 0 aromatic heterocycles. The van der Waals surface area contributed by atoms with Gasteiger partial charge < -0.3 is 10.4 Å². The molecule has 0 saturated heterocycles. The van der Waals surface area contributed by atoms with E-state index in [0.29, 0.717) is 13.0 Å². The van der Waals surface area contributed by atoms with Crippen molar-refractivity contribution in [2.24, 2.45) is 0 Å². The van der Waals surface area contributed by atoms with Crippen LogP contribution in [-0.2, 0) is 9.59 Å². The lowest BCUT2D eigenvalue weighted by Gasteiger charge is -1.96. The van der Waals surface area contributed by atoms with Gasteiger partial charge in [0.05, 0.1) is 0 Å². The van der Waals surface area contributed by atoms with Gasteiger partial charge in [0, 0.05) is 6.54 Å². The molecule has 0 bridgehead atoms. The normalized spacial score (nSPS) is 9.91. The lowest BCUT2D eigenvalue weighted by molar-refractivity contribution is -0.150. The van der Waals surface area contributed by atoms with Crippen molar-refractivity contribution in [2.45, 2.75) is 13.3 Å². The van der Waals surface area contributed by atoms with E-state index >= 15 is 0 Å². The van der Waals surface area contributed by atoms with Crippen LogP contribution in [0.2, 0.25) is 0 Å². The third-order valence-corrected chi connectivity index (χ3v) is 1.03. The van der Waals surface area contributed by atoms with Crippen LogP contribution in [0.15, 0.2) is 12.2 Å². The topological polar surface area (TPSA) is 66.4 Å². The molecule has 0 aliphatic rings. The monoisotopic (exact) mass is 157 g/mol. The van der Waals surface area contributed by atoms with Crippen molar-refractivity contribution in [3.05, 3.63) is 12.2 Å². The molecule has 0 saturated carbocycles. The summed E-state index contributed by atoms with van der Waals surface area (Å²) in [7, 11) is 0. The van der Waals surface area contributed by atoms with Crippen LogP contribution < -0.4 is 5.32 Å². The van der Waals surface area contributed by atoms with Crippen molar-refractivity contribution >= 4 is 11.9 Å². The van der Waals surface area contributed by atoms with E-state index in [-0.39, 0.29) is 0 Å². The van der Waals surface area contributed by atoms with Gasteiger partial charge in [0.1, 0.15) is 0 Å². The van der Waals surface area contributed by atoms with E-state index in [0.717, 1.165) is 0 Å². The fourth-order valence-electron chi connectivity index (χ4n) is 0.511. The van der Waals surface area contributed by atoms with Crippen molar-refractivity contribution in [3.8, 4) is 0 Å². The number of hydrogen-bond acceptors (Lipinski definition) is 2. The number of nitrogens with one attached hydrogen (secondary N) is 1. The number of carbonyl (C=O) groups is 2. The lowest BCUT2D eigenvalue weighted by atomic mass is 10.4. The van der Waals surface area contributed by atoms with Crippen LogP contribution >= 0.6 is 0 Å². The fraction of sp³-hybridized carbons (Fsp3) is 0.429. The second-order valence-electron chi connectivity index (χ2n) is 1.92. The van der Waals surface area contributed by atoms with Crippen LogP contribution in [0.1, 0.15) is 13.3 Å². The Morgan fingerprint density at radius 1 is 1.55 bits per heavy atom. The summed E-state index contributed by atoms with van der Waals surface area (Å²) in [5, 5.41) is 10.3. The van der Waals surface area contributed by atoms with Crippen molar-refractivity contribution < 1.29 is 14.7 Å². The number of carboxylic acid groups (broad SMARTS) is 1. The van der Waals surface area contributed by atoms with Crippen molar-refractivity contribution in [2.75, 3.05) is 6.54 Å². The summed E-state index contributed by atoms with van der Waals surface area (Å²) in [5.74, 6) is -2.39.